The average Bonchev–Trinajstić information content (AvgIpc) is 3.24. The second-order valence-electron chi connectivity index (χ2n) is 9.86. The molecule has 2 N–H and O–H groups in total. The van der Waals surface area contributed by atoms with Gasteiger partial charge in [-0.15, -0.1) is 0 Å². The summed E-state index contributed by atoms with van der Waals surface area (Å²) in [6.07, 6.45) is 3.98. The third-order valence-electron chi connectivity index (χ3n) is 6.62. The van der Waals surface area contributed by atoms with Crippen LogP contribution in [0.5, 0.6) is 0 Å². The first-order valence-electron chi connectivity index (χ1n) is 12.8. The van der Waals surface area contributed by atoms with Gasteiger partial charge in [0.05, 0.1) is 6.20 Å². The van der Waals surface area contributed by atoms with E-state index in [0.29, 0.717) is 6.54 Å². The normalized spacial score (nSPS) is 11.9. The Bertz CT molecular complexity index is 1540. The van der Waals surface area contributed by atoms with Crippen LogP contribution in [0.4, 0.5) is 0 Å². The number of hydrogen-bond donors (Lipinski definition) is 2. The first-order chi connectivity index (χ1) is 18.2. The summed E-state index contributed by atoms with van der Waals surface area (Å²) in [4.78, 5) is 0. The van der Waals surface area contributed by atoms with Crippen molar-refractivity contribution in [2.45, 2.75) is 39.6 Å². The molecule has 4 rings (SSSR count). The topological polar surface area (TPSA) is 41.9 Å². The van der Waals surface area contributed by atoms with Crippen LogP contribution in [0.3, 0.4) is 0 Å². The van der Waals surface area contributed by atoms with Gasteiger partial charge in [0.1, 0.15) is 5.82 Å². The van der Waals surface area contributed by atoms with Crippen molar-refractivity contribution in [2.75, 3.05) is 0 Å². The van der Waals surface area contributed by atoms with Gasteiger partial charge in [0.2, 0.25) is 0 Å². The Kier molecular flexibility index (Phi) is 8.72. The largest absolute Gasteiger partial charge is 0.366 e. The lowest BCUT2D eigenvalue weighted by Crippen LogP contribution is -2.19. The number of hydrogen-bond acceptors (Lipinski definition) is 3. The number of nitrogens with zero attached hydrogens (tertiary/aromatic N) is 2. The second kappa shape index (κ2) is 12.2. The van der Waals surface area contributed by atoms with Crippen LogP contribution in [0.1, 0.15) is 39.1 Å². The molecule has 4 nitrogen and oxygen atoms in total. The van der Waals surface area contributed by atoms with E-state index in [1.165, 1.54) is 22.3 Å². The molecule has 0 atom stereocenters. The molecule has 3 aromatic carbocycles. The highest BCUT2D eigenvalue weighted by atomic mass is 32.2. The van der Waals surface area contributed by atoms with Crippen LogP contribution in [0.2, 0.25) is 0 Å². The minimum atomic E-state index is -1.45. The van der Waals surface area contributed by atoms with E-state index >= 15 is 0 Å². The maximum absolute atomic E-state index is 4.63. The minimum absolute atomic E-state index is 0.663. The van der Waals surface area contributed by atoms with Gasteiger partial charge in [-0.25, -0.2) is 4.68 Å². The molecular formula is C33H38N4S. The molecule has 38 heavy (non-hydrogen) atoms. The van der Waals surface area contributed by atoms with Gasteiger partial charge < -0.3 is 5.32 Å². The van der Waals surface area contributed by atoms with Crippen molar-refractivity contribution in [1.82, 2.24) is 19.8 Å². The van der Waals surface area contributed by atoms with E-state index in [-0.39, 0.29) is 0 Å². The average molecular weight is 523 g/mol. The zero-order valence-corrected chi connectivity index (χ0v) is 23.5. The van der Waals surface area contributed by atoms with Gasteiger partial charge in [0.25, 0.3) is 0 Å². The van der Waals surface area contributed by atoms with Gasteiger partial charge in [-0.1, -0.05) is 97.2 Å². The molecule has 0 aliphatic carbocycles. The molecule has 4 aromatic rings. The lowest BCUT2D eigenvalue weighted by Gasteiger charge is -2.18. The summed E-state index contributed by atoms with van der Waals surface area (Å²) in [6.45, 7) is 12.0. The third kappa shape index (κ3) is 7.15. The van der Waals surface area contributed by atoms with Crippen LogP contribution in [0.15, 0.2) is 97.7 Å². The summed E-state index contributed by atoms with van der Waals surface area (Å²) in [7, 11) is -1.45. The van der Waals surface area contributed by atoms with Crippen molar-refractivity contribution in [3.05, 3.63) is 137 Å². The highest BCUT2D eigenvalue weighted by molar-refractivity contribution is 8.25. The number of nitrogens with one attached hydrogen (secondary N) is 2. The van der Waals surface area contributed by atoms with E-state index in [1.807, 2.05) is 29.1 Å². The molecule has 0 unspecified atom stereocenters. The monoisotopic (exact) mass is 522 g/mol. The van der Waals surface area contributed by atoms with E-state index in [0.717, 1.165) is 40.5 Å². The molecule has 1 aromatic heterocycles. The van der Waals surface area contributed by atoms with Crippen molar-refractivity contribution in [2.24, 2.45) is 0 Å². The van der Waals surface area contributed by atoms with E-state index in [1.54, 1.807) is 0 Å². The molecule has 0 aliphatic heterocycles. The van der Waals surface area contributed by atoms with E-state index in [9.17, 15) is 0 Å². The quantitative estimate of drug-likeness (QED) is 0.165. The van der Waals surface area contributed by atoms with E-state index in [2.05, 4.69) is 121 Å². The van der Waals surface area contributed by atoms with E-state index < -0.39 is 9.39 Å². The standard InChI is InChI=1S/C33H38N4S/c1-25-13-10-11-18-32(25)26(2)19-33(37-28(4)27(3)21-35-37)34-22-30-16-12-17-31(20-30)23-36-38(5,6)24-29-14-8-7-9-15-29/h7-21,34,36H,2,5-6,22-24H2,1,3-4H3/b33-19-. The van der Waals surface area contributed by atoms with Crippen molar-refractivity contribution < 1.29 is 0 Å². The fourth-order valence-corrected chi connectivity index (χ4v) is 5.73. The van der Waals surface area contributed by atoms with Gasteiger partial charge in [-0.3, -0.25) is 4.72 Å². The summed E-state index contributed by atoms with van der Waals surface area (Å²) >= 11 is 0. The number of benzene rings is 3. The van der Waals surface area contributed by atoms with Crippen LogP contribution in [0.25, 0.3) is 11.4 Å². The highest BCUT2D eigenvalue weighted by Gasteiger charge is 2.10. The molecule has 0 saturated heterocycles. The molecule has 0 fully saturated rings. The number of rotatable bonds is 11. The summed E-state index contributed by atoms with van der Waals surface area (Å²) in [5.41, 5.74) is 9.18. The lowest BCUT2D eigenvalue weighted by atomic mass is 10.0. The summed E-state index contributed by atoms with van der Waals surface area (Å²) in [6, 6.07) is 27.4. The van der Waals surface area contributed by atoms with Gasteiger partial charge in [0.15, 0.2) is 0 Å². The molecule has 0 radical (unpaired) electrons. The van der Waals surface area contributed by atoms with Crippen LogP contribution < -0.4 is 10.0 Å². The van der Waals surface area contributed by atoms with Crippen molar-refractivity contribution in [1.29, 1.82) is 0 Å². The Morgan fingerprint density at radius 1 is 0.842 bits per heavy atom. The van der Waals surface area contributed by atoms with Gasteiger partial charge >= 0.3 is 0 Å². The fourth-order valence-electron chi connectivity index (χ4n) is 4.32. The zero-order valence-electron chi connectivity index (χ0n) is 22.7. The summed E-state index contributed by atoms with van der Waals surface area (Å²) < 4.78 is 5.56. The van der Waals surface area contributed by atoms with Gasteiger partial charge in [0, 0.05) is 24.5 Å². The predicted molar refractivity (Wildman–Crippen MR) is 168 cm³/mol. The molecule has 5 heteroatoms. The molecule has 0 bridgehead atoms. The summed E-state index contributed by atoms with van der Waals surface area (Å²) in [5.74, 6) is 10.5. The SMILES string of the molecule is C=C(/C=C(/NCc1cccc(CNS(=C)(=C)Cc2ccccc2)c1)n1ncc(C)c1C)c1ccccc1C. The highest BCUT2D eigenvalue weighted by Crippen LogP contribution is 2.23. The molecule has 196 valence electrons. The van der Waals surface area contributed by atoms with Gasteiger partial charge in [-0.05, 0) is 65.8 Å². The van der Waals surface area contributed by atoms with Crippen molar-refractivity contribution in [3.63, 3.8) is 0 Å². The van der Waals surface area contributed by atoms with Gasteiger partial charge in [-0.2, -0.15) is 14.5 Å². The Morgan fingerprint density at radius 3 is 2.18 bits per heavy atom. The Hall–Kier alpha value is -3.80. The van der Waals surface area contributed by atoms with Crippen LogP contribution >= 0.6 is 9.39 Å². The summed E-state index contributed by atoms with van der Waals surface area (Å²) in [5, 5.41) is 8.25. The second-order valence-corrected chi connectivity index (χ2v) is 12.5. The molecular weight excluding hydrogens is 484 g/mol. The molecule has 0 amide bonds. The van der Waals surface area contributed by atoms with Crippen molar-refractivity contribution in [3.8, 4) is 0 Å². The minimum Gasteiger partial charge on any atom is -0.366 e. The molecule has 0 spiro atoms. The molecule has 1 heterocycles. The van der Waals surface area contributed by atoms with Crippen molar-refractivity contribution >= 4 is 32.5 Å². The fraction of sp³-hybridized carbons (Fsp3) is 0.182. The maximum atomic E-state index is 4.63. The first kappa shape index (κ1) is 27.2. The first-order valence-corrected chi connectivity index (χ1v) is 14.9. The Labute approximate surface area is 228 Å². The zero-order chi connectivity index (χ0) is 27.1. The molecule has 0 saturated carbocycles. The maximum Gasteiger partial charge on any atom is 0.128 e. The Balaban J connectivity index is 1.48. The number of aryl methyl sites for hydroxylation is 2. The molecule has 0 aliphatic rings. The Morgan fingerprint density at radius 2 is 1.50 bits per heavy atom. The van der Waals surface area contributed by atoms with Crippen LogP contribution in [-0.4, -0.2) is 21.5 Å². The predicted octanol–water partition coefficient (Wildman–Crippen LogP) is 6.98. The smallest absolute Gasteiger partial charge is 0.128 e. The van der Waals surface area contributed by atoms with E-state index in [4.69, 9.17) is 0 Å². The van der Waals surface area contributed by atoms with Crippen LogP contribution in [0, 0.1) is 20.8 Å². The number of allylic oxidation sites excluding steroid dienone is 2. The van der Waals surface area contributed by atoms with Crippen LogP contribution in [-0.2, 0) is 18.8 Å². The third-order valence-corrected chi connectivity index (χ3v) is 8.26. The lowest BCUT2D eigenvalue weighted by molar-refractivity contribution is 0.755. The number of aromatic nitrogens is 2.